The lowest BCUT2D eigenvalue weighted by Gasteiger charge is -2.29. The second-order valence-electron chi connectivity index (χ2n) is 5.97. The van der Waals surface area contributed by atoms with Crippen LogP contribution in [0.4, 0.5) is 10.5 Å². The fraction of sp³-hybridized carbons (Fsp3) is 0.500. The highest BCUT2D eigenvalue weighted by molar-refractivity contribution is 5.94. The predicted octanol–water partition coefficient (Wildman–Crippen LogP) is 2.43. The van der Waals surface area contributed by atoms with Crippen molar-refractivity contribution in [1.29, 1.82) is 0 Å². The molecule has 0 bridgehead atoms. The fourth-order valence-electron chi connectivity index (χ4n) is 3.77. The van der Waals surface area contributed by atoms with Crippen LogP contribution in [0.25, 0.3) is 0 Å². The number of urea groups is 1. The first-order chi connectivity index (χ1) is 10.1. The summed E-state index contributed by atoms with van der Waals surface area (Å²) < 4.78 is 0. The normalized spacial score (nSPS) is 27.5. The van der Waals surface area contributed by atoms with E-state index in [4.69, 9.17) is 0 Å². The number of fused-ring (bicyclic) bond motifs is 1. The summed E-state index contributed by atoms with van der Waals surface area (Å²) in [6.07, 6.45) is 3.03. The Morgan fingerprint density at radius 2 is 1.95 bits per heavy atom. The highest BCUT2D eigenvalue weighted by Gasteiger charge is 2.50. The van der Waals surface area contributed by atoms with Gasteiger partial charge in [-0.25, -0.2) is 9.59 Å². The number of carbonyl (C=O) groups excluding carboxylic acids is 1. The molecule has 3 atom stereocenters. The van der Waals surface area contributed by atoms with Crippen molar-refractivity contribution in [2.45, 2.75) is 25.3 Å². The highest BCUT2D eigenvalue weighted by Crippen LogP contribution is 2.42. The molecule has 1 aromatic carbocycles. The van der Waals surface area contributed by atoms with Gasteiger partial charge < -0.3 is 10.0 Å². The molecule has 1 saturated heterocycles. The highest BCUT2D eigenvalue weighted by atomic mass is 16.4. The number of carbonyl (C=O) groups is 2. The molecule has 112 valence electrons. The van der Waals surface area contributed by atoms with Crippen LogP contribution < -0.4 is 4.90 Å². The van der Waals surface area contributed by atoms with Crippen LogP contribution in [0.15, 0.2) is 30.3 Å². The predicted molar refractivity (Wildman–Crippen MR) is 79.2 cm³/mol. The monoisotopic (exact) mass is 288 g/mol. The Hall–Kier alpha value is -2.04. The number of hydrogen-bond donors (Lipinski definition) is 1. The van der Waals surface area contributed by atoms with Gasteiger partial charge in [0, 0.05) is 19.3 Å². The van der Waals surface area contributed by atoms with Crippen molar-refractivity contribution in [3.8, 4) is 0 Å². The van der Waals surface area contributed by atoms with Crippen LogP contribution in [-0.2, 0) is 4.79 Å². The second-order valence-corrected chi connectivity index (χ2v) is 5.97. The lowest BCUT2D eigenvalue weighted by atomic mass is 9.94. The van der Waals surface area contributed by atoms with Crippen LogP contribution in [0, 0.1) is 11.8 Å². The molecule has 1 aliphatic carbocycles. The zero-order valence-electron chi connectivity index (χ0n) is 12.1. The Balaban J connectivity index is 1.82. The number of benzene rings is 1. The molecule has 1 aliphatic heterocycles. The Morgan fingerprint density at radius 3 is 2.62 bits per heavy atom. The van der Waals surface area contributed by atoms with E-state index in [9.17, 15) is 14.7 Å². The molecule has 5 heteroatoms. The molecule has 1 saturated carbocycles. The van der Waals surface area contributed by atoms with Crippen molar-refractivity contribution in [3.05, 3.63) is 30.3 Å². The Labute approximate surface area is 124 Å². The molecular formula is C16H20N2O3. The minimum absolute atomic E-state index is 0.121. The minimum Gasteiger partial charge on any atom is -0.480 e. The first-order valence-electron chi connectivity index (χ1n) is 7.42. The minimum atomic E-state index is -0.876. The summed E-state index contributed by atoms with van der Waals surface area (Å²) in [5, 5.41) is 9.52. The number of aliphatic carboxylic acids is 1. The fourth-order valence-corrected chi connectivity index (χ4v) is 3.77. The van der Waals surface area contributed by atoms with E-state index in [0.29, 0.717) is 12.5 Å². The van der Waals surface area contributed by atoms with Crippen molar-refractivity contribution in [2.75, 3.05) is 18.5 Å². The molecule has 0 aromatic heterocycles. The first kappa shape index (κ1) is 13.9. The molecule has 2 amide bonds. The first-order valence-corrected chi connectivity index (χ1v) is 7.42. The van der Waals surface area contributed by atoms with E-state index in [1.165, 1.54) is 4.90 Å². The van der Waals surface area contributed by atoms with Gasteiger partial charge in [-0.05, 0) is 36.8 Å². The molecule has 2 fully saturated rings. The number of rotatable bonds is 2. The van der Waals surface area contributed by atoms with Gasteiger partial charge in [0.05, 0.1) is 0 Å². The van der Waals surface area contributed by atoms with E-state index in [0.717, 1.165) is 24.9 Å². The van der Waals surface area contributed by atoms with E-state index in [1.54, 1.807) is 11.9 Å². The summed E-state index contributed by atoms with van der Waals surface area (Å²) in [4.78, 5) is 27.4. The molecule has 5 nitrogen and oxygen atoms in total. The van der Waals surface area contributed by atoms with Gasteiger partial charge in [-0.15, -0.1) is 0 Å². The molecule has 1 N–H and O–H groups in total. The summed E-state index contributed by atoms with van der Waals surface area (Å²) in [6.45, 7) is 0.567. The van der Waals surface area contributed by atoms with Crippen molar-refractivity contribution in [3.63, 3.8) is 0 Å². The smallest absolute Gasteiger partial charge is 0.326 e. The number of likely N-dealkylation sites (tertiary alicyclic amines) is 1. The maximum Gasteiger partial charge on any atom is 0.326 e. The van der Waals surface area contributed by atoms with Gasteiger partial charge in [0.1, 0.15) is 6.04 Å². The van der Waals surface area contributed by atoms with Gasteiger partial charge in [0.2, 0.25) is 0 Å². The van der Waals surface area contributed by atoms with Gasteiger partial charge in [-0.1, -0.05) is 24.6 Å². The van der Waals surface area contributed by atoms with E-state index in [2.05, 4.69) is 0 Å². The van der Waals surface area contributed by atoms with Crippen LogP contribution in [0.2, 0.25) is 0 Å². The molecule has 0 spiro atoms. The maximum absolute atomic E-state index is 12.7. The Kier molecular flexibility index (Phi) is 3.57. The zero-order chi connectivity index (χ0) is 15.0. The van der Waals surface area contributed by atoms with Crippen LogP contribution in [0.5, 0.6) is 0 Å². The standard InChI is InChI=1S/C16H20N2O3/c1-17(12-7-3-2-4-8-12)16(21)18-10-11-6-5-9-13(11)14(18)15(19)20/h2-4,7-8,11,13-14H,5-6,9-10H2,1H3,(H,19,20). The summed E-state index contributed by atoms with van der Waals surface area (Å²) in [5.74, 6) is -0.408. The SMILES string of the molecule is CN(C(=O)N1CC2CCCC2C1C(=O)O)c1ccccc1. The Bertz CT molecular complexity index is 546. The molecule has 0 radical (unpaired) electrons. The topological polar surface area (TPSA) is 60.9 Å². The molecular weight excluding hydrogens is 268 g/mol. The van der Waals surface area contributed by atoms with Crippen LogP contribution in [-0.4, -0.2) is 41.6 Å². The largest absolute Gasteiger partial charge is 0.480 e. The second kappa shape index (κ2) is 5.39. The average molecular weight is 288 g/mol. The molecule has 3 unspecified atom stereocenters. The number of amides is 2. The van der Waals surface area contributed by atoms with Crippen LogP contribution in [0.1, 0.15) is 19.3 Å². The van der Waals surface area contributed by atoms with Gasteiger partial charge in [-0.3, -0.25) is 4.90 Å². The van der Waals surface area contributed by atoms with Crippen LogP contribution >= 0.6 is 0 Å². The number of para-hydroxylation sites is 1. The van der Waals surface area contributed by atoms with Gasteiger partial charge in [-0.2, -0.15) is 0 Å². The summed E-state index contributed by atoms with van der Waals surface area (Å²) >= 11 is 0. The van der Waals surface area contributed by atoms with Crippen LogP contribution in [0.3, 0.4) is 0 Å². The summed E-state index contributed by atoms with van der Waals surface area (Å²) in [7, 11) is 1.70. The number of hydrogen-bond acceptors (Lipinski definition) is 2. The van der Waals surface area contributed by atoms with Crippen molar-refractivity contribution < 1.29 is 14.7 Å². The lowest BCUT2D eigenvalue weighted by molar-refractivity contribution is -0.142. The number of nitrogens with zero attached hydrogens (tertiary/aromatic N) is 2. The molecule has 2 aliphatic rings. The van der Waals surface area contributed by atoms with E-state index >= 15 is 0 Å². The van der Waals surface area contributed by atoms with Gasteiger partial charge in [0.25, 0.3) is 0 Å². The van der Waals surface area contributed by atoms with Gasteiger partial charge in [0.15, 0.2) is 0 Å². The third-order valence-corrected chi connectivity index (χ3v) is 4.82. The lowest BCUT2D eigenvalue weighted by Crippen LogP contribution is -2.48. The summed E-state index contributed by atoms with van der Waals surface area (Å²) in [6, 6.07) is 8.44. The number of anilines is 1. The van der Waals surface area contributed by atoms with Crippen molar-refractivity contribution >= 4 is 17.7 Å². The van der Waals surface area contributed by atoms with Crippen molar-refractivity contribution in [1.82, 2.24) is 4.90 Å². The van der Waals surface area contributed by atoms with E-state index < -0.39 is 12.0 Å². The van der Waals surface area contributed by atoms with Gasteiger partial charge >= 0.3 is 12.0 Å². The average Bonchev–Trinajstić information content (AvgIpc) is 3.06. The number of carboxylic acids is 1. The molecule has 21 heavy (non-hydrogen) atoms. The van der Waals surface area contributed by atoms with E-state index in [1.807, 2.05) is 30.3 Å². The molecule has 1 heterocycles. The third-order valence-electron chi connectivity index (χ3n) is 4.82. The Morgan fingerprint density at radius 1 is 1.24 bits per heavy atom. The quantitative estimate of drug-likeness (QED) is 0.909. The molecule has 1 aromatic rings. The third kappa shape index (κ3) is 2.37. The van der Waals surface area contributed by atoms with Crippen molar-refractivity contribution in [2.24, 2.45) is 11.8 Å². The summed E-state index contributed by atoms with van der Waals surface area (Å²) in [5.41, 5.74) is 0.781. The maximum atomic E-state index is 12.7. The zero-order valence-corrected chi connectivity index (χ0v) is 12.1. The van der Waals surface area contributed by atoms with E-state index in [-0.39, 0.29) is 11.9 Å². The molecule has 3 rings (SSSR count). The number of carboxylic acid groups (broad SMARTS) is 1.